The second-order valence-corrected chi connectivity index (χ2v) is 11.7. The van der Waals surface area contributed by atoms with Crippen LogP contribution in [0.3, 0.4) is 0 Å². The first-order valence-electron chi connectivity index (χ1n) is 14.4. The molecule has 1 aromatic heterocycles. The molecule has 1 fully saturated rings. The molecular formula is C34H38FN3O2. The van der Waals surface area contributed by atoms with Crippen molar-refractivity contribution in [1.82, 2.24) is 14.8 Å². The number of aromatic nitrogens is 1. The Kier molecular flexibility index (Phi) is 7.13. The summed E-state index contributed by atoms with van der Waals surface area (Å²) in [7, 11) is 4.21. The van der Waals surface area contributed by atoms with Crippen molar-refractivity contribution in [3.63, 3.8) is 0 Å². The Morgan fingerprint density at radius 2 is 1.68 bits per heavy atom. The highest BCUT2D eigenvalue weighted by atomic mass is 19.1. The van der Waals surface area contributed by atoms with Crippen LogP contribution in [-0.4, -0.2) is 47.4 Å². The van der Waals surface area contributed by atoms with E-state index in [1.54, 1.807) is 12.1 Å². The third-order valence-electron chi connectivity index (χ3n) is 9.12. The highest BCUT2D eigenvalue weighted by Crippen LogP contribution is 2.51. The van der Waals surface area contributed by atoms with Gasteiger partial charge >= 0.3 is 0 Å². The Hall–Kier alpha value is -3.64. The van der Waals surface area contributed by atoms with Crippen molar-refractivity contribution in [2.75, 3.05) is 20.6 Å². The van der Waals surface area contributed by atoms with E-state index in [9.17, 15) is 9.18 Å². The molecule has 40 heavy (non-hydrogen) atoms. The van der Waals surface area contributed by atoms with Crippen molar-refractivity contribution in [1.29, 1.82) is 0 Å². The number of hydrogen-bond donors (Lipinski definition) is 1. The lowest BCUT2D eigenvalue weighted by Gasteiger charge is -2.52. The Labute approximate surface area is 235 Å². The van der Waals surface area contributed by atoms with E-state index in [1.165, 1.54) is 16.6 Å². The summed E-state index contributed by atoms with van der Waals surface area (Å²) in [6.07, 6.45) is 3.90. The van der Waals surface area contributed by atoms with Gasteiger partial charge in [0.15, 0.2) is 6.10 Å². The number of rotatable bonds is 6. The molecule has 1 amide bonds. The molecule has 5 nitrogen and oxygen atoms in total. The average molecular weight is 540 g/mol. The fourth-order valence-corrected chi connectivity index (χ4v) is 7.33. The van der Waals surface area contributed by atoms with E-state index in [0.29, 0.717) is 18.2 Å². The van der Waals surface area contributed by atoms with Gasteiger partial charge in [-0.05, 0) is 100 Å². The number of aromatic amines is 1. The van der Waals surface area contributed by atoms with Gasteiger partial charge in [0.1, 0.15) is 11.6 Å². The second-order valence-electron chi connectivity index (χ2n) is 11.7. The van der Waals surface area contributed by atoms with E-state index in [0.717, 1.165) is 43.2 Å². The van der Waals surface area contributed by atoms with Gasteiger partial charge in [0.2, 0.25) is 0 Å². The predicted octanol–water partition coefficient (Wildman–Crippen LogP) is 6.85. The largest absolute Gasteiger partial charge is 0.481 e. The summed E-state index contributed by atoms with van der Waals surface area (Å²) in [5.74, 6) is 0.932. The summed E-state index contributed by atoms with van der Waals surface area (Å²) in [5, 5.41) is 1.26. The minimum atomic E-state index is -0.586. The van der Waals surface area contributed by atoms with Crippen molar-refractivity contribution < 1.29 is 13.9 Å². The number of benzene rings is 3. The first-order chi connectivity index (χ1) is 19.4. The zero-order valence-corrected chi connectivity index (χ0v) is 23.6. The molecule has 1 aliphatic heterocycles. The lowest BCUT2D eigenvalue weighted by molar-refractivity contribution is -0.149. The van der Waals surface area contributed by atoms with Gasteiger partial charge in [-0.1, -0.05) is 48.5 Å². The maximum Gasteiger partial charge on any atom is 0.264 e. The molecule has 4 aromatic rings. The third kappa shape index (κ3) is 4.68. The summed E-state index contributed by atoms with van der Waals surface area (Å²) in [6, 6.07) is 25.2. The molecule has 1 N–H and O–H groups in total. The number of halogens is 1. The van der Waals surface area contributed by atoms with Crippen LogP contribution in [0.25, 0.3) is 10.9 Å². The molecule has 6 rings (SSSR count). The molecule has 208 valence electrons. The van der Waals surface area contributed by atoms with Crippen LogP contribution in [0.2, 0.25) is 0 Å². The van der Waals surface area contributed by atoms with E-state index in [1.807, 2.05) is 49.4 Å². The van der Waals surface area contributed by atoms with E-state index in [-0.39, 0.29) is 17.8 Å². The molecule has 1 aliphatic carbocycles. The normalized spacial score (nSPS) is 22.3. The summed E-state index contributed by atoms with van der Waals surface area (Å²) in [5.41, 5.74) is 4.41. The Morgan fingerprint density at radius 1 is 1.00 bits per heavy atom. The van der Waals surface area contributed by atoms with Crippen molar-refractivity contribution >= 4 is 16.8 Å². The number of nitrogens with one attached hydrogen (secondary N) is 1. The number of nitrogens with zero attached hydrogens (tertiary/aromatic N) is 2. The van der Waals surface area contributed by atoms with Crippen LogP contribution in [0.4, 0.5) is 4.39 Å². The van der Waals surface area contributed by atoms with Gasteiger partial charge in [0, 0.05) is 29.2 Å². The monoisotopic (exact) mass is 539 g/mol. The SMILES string of the molecule is CC(Oc1ccccc1)C(=O)N1CCc2c([nH]c3ccccc23)C12CCC(C(c1ccc(F)cc1)N(C)C)CC2. The number of carbonyl (C=O) groups excluding carboxylic acids is 1. The van der Waals surface area contributed by atoms with Gasteiger partial charge in [-0.25, -0.2) is 4.39 Å². The third-order valence-corrected chi connectivity index (χ3v) is 9.12. The molecule has 3 aromatic carbocycles. The van der Waals surface area contributed by atoms with Gasteiger partial charge in [0.05, 0.1) is 5.54 Å². The summed E-state index contributed by atoms with van der Waals surface area (Å²) in [6.45, 7) is 2.54. The molecule has 0 radical (unpaired) electrons. The zero-order valence-electron chi connectivity index (χ0n) is 23.6. The van der Waals surface area contributed by atoms with Crippen molar-refractivity contribution in [2.45, 2.75) is 56.7 Å². The fourth-order valence-electron chi connectivity index (χ4n) is 7.33. The molecule has 2 heterocycles. The van der Waals surface area contributed by atoms with E-state index >= 15 is 0 Å². The lowest BCUT2D eigenvalue weighted by Crippen LogP contribution is -2.58. The smallest absolute Gasteiger partial charge is 0.264 e. The number of H-pyrrole nitrogens is 1. The first kappa shape index (κ1) is 26.6. The molecule has 2 atom stereocenters. The Bertz CT molecular complexity index is 1470. The minimum absolute atomic E-state index is 0.0364. The topological polar surface area (TPSA) is 48.6 Å². The minimum Gasteiger partial charge on any atom is -0.481 e. The summed E-state index contributed by atoms with van der Waals surface area (Å²) in [4.78, 5) is 22.3. The highest BCUT2D eigenvalue weighted by molar-refractivity contribution is 5.87. The molecule has 0 bridgehead atoms. The molecule has 1 saturated carbocycles. The molecule has 0 saturated heterocycles. The Morgan fingerprint density at radius 3 is 2.38 bits per heavy atom. The number of carbonyl (C=O) groups is 1. The second kappa shape index (κ2) is 10.7. The van der Waals surface area contributed by atoms with E-state index < -0.39 is 11.6 Å². The van der Waals surface area contributed by atoms with Crippen LogP contribution in [0, 0.1) is 11.7 Å². The van der Waals surface area contributed by atoms with Crippen molar-refractivity contribution in [3.05, 3.63) is 102 Å². The average Bonchev–Trinajstić information content (AvgIpc) is 3.35. The number of amides is 1. The van der Waals surface area contributed by atoms with Gasteiger partial charge in [0.25, 0.3) is 5.91 Å². The first-order valence-corrected chi connectivity index (χ1v) is 14.4. The van der Waals surface area contributed by atoms with Gasteiger partial charge < -0.3 is 19.5 Å². The quantitative estimate of drug-likeness (QED) is 0.292. The van der Waals surface area contributed by atoms with Gasteiger partial charge in [-0.15, -0.1) is 0 Å². The van der Waals surface area contributed by atoms with E-state index in [4.69, 9.17) is 4.74 Å². The van der Waals surface area contributed by atoms with Crippen LogP contribution >= 0.6 is 0 Å². The summed E-state index contributed by atoms with van der Waals surface area (Å²) < 4.78 is 19.8. The van der Waals surface area contributed by atoms with Crippen LogP contribution in [0.15, 0.2) is 78.9 Å². The molecule has 6 heteroatoms. The van der Waals surface area contributed by atoms with Crippen LogP contribution < -0.4 is 4.74 Å². The zero-order chi connectivity index (χ0) is 27.9. The van der Waals surface area contributed by atoms with Crippen LogP contribution in [-0.2, 0) is 16.8 Å². The number of para-hydroxylation sites is 2. The molecule has 2 aliphatic rings. The van der Waals surface area contributed by atoms with Crippen molar-refractivity contribution in [2.24, 2.45) is 5.92 Å². The highest BCUT2D eigenvalue weighted by Gasteiger charge is 2.50. The maximum absolute atomic E-state index is 14.1. The van der Waals surface area contributed by atoms with Gasteiger partial charge in [-0.3, -0.25) is 4.79 Å². The van der Waals surface area contributed by atoms with E-state index in [2.05, 4.69) is 53.1 Å². The maximum atomic E-state index is 14.1. The number of fused-ring (bicyclic) bond motifs is 4. The summed E-state index contributed by atoms with van der Waals surface area (Å²) >= 11 is 0. The molecule has 1 spiro atoms. The fraction of sp³-hybridized carbons (Fsp3) is 0.382. The van der Waals surface area contributed by atoms with Crippen molar-refractivity contribution in [3.8, 4) is 5.75 Å². The van der Waals surface area contributed by atoms with Gasteiger partial charge in [-0.2, -0.15) is 0 Å². The predicted molar refractivity (Wildman–Crippen MR) is 157 cm³/mol. The number of ether oxygens (including phenoxy) is 1. The molecular weight excluding hydrogens is 501 g/mol. The number of hydrogen-bond acceptors (Lipinski definition) is 3. The van der Waals surface area contributed by atoms with Crippen LogP contribution in [0.1, 0.15) is 55.5 Å². The lowest BCUT2D eigenvalue weighted by atomic mass is 9.68. The Balaban J connectivity index is 1.33. The standard InChI is InChI=1S/C34H38FN3O2/c1-23(40-27-9-5-4-6-10-27)33(39)38-22-19-29-28-11-7-8-12-30(28)36-32(29)34(38)20-17-25(18-21-34)31(37(2)3)24-13-15-26(35)16-14-24/h4-16,23,25,31,36H,17-22H2,1-3H3. The molecule has 2 unspecified atom stereocenters. The van der Waals surface area contributed by atoms with Crippen LogP contribution in [0.5, 0.6) is 5.75 Å².